The number of carbonyl (C=O) groups excluding carboxylic acids is 1. The number of rotatable bonds is 2. The van der Waals surface area contributed by atoms with Crippen LogP contribution in [0, 0.1) is 0 Å². The van der Waals surface area contributed by atoms with Crippen molar-refractivity contribution in [1.82, 2.24) is 0 Å². The smallest absolute Gasteiger partial charge is 0.346 e. The van der Waals surface area contributed by atoms with Crippen molar-refractivity contribution in [2.45, 2.75) is 13.3 Å². The van der Waals surface area contributed by atoms with E-state index in [4.69, 9.17) is 4.74 Å². The fraction of sp³-hybridized carbons (Fsp3) is 0.333. The SMILES string of the molecule is CCOC(=O)C1=C=CC2=C1C2. The van der Waals surface area contributed by atoms with Gasteiger partial charge in [0, 0.05) is 6.42 Å². The summed E-state index contributed by atoms with van der Waals surface area (Å²) in [4.78, 5) is 11.1. The van der Waals surface area contributed by atoms with Crippen molar-refractivity contribution in [3.05, 3.63) is 28.5 Å². The number of ether oxygens (including phenoxy) is 1. The van der Waals surface area contributed by atoms with Crippen LogP contribution in [-0.2, 0) is 9.53 Å². The van der Waals surface area contributed by atoms with E-state index in [1.165, 1.54) is 5.57 Å². The molecule has 0 aromatic carbocycles. The minimum Gasteiger partial charge on any atom is -0.462 e. The molecular weight excluding hydrogens is 140 g/mol. The zero-order chi connectivity index (χ0) is 7.84. The normalized spacial score (nSPS) is 18.1. The van der Waals surface area contributed by atoms with Crippen molar-refractivity contribution in [3.8, 4) is 0 Å². The van der Waals surface area contributed by atoms with Crippen LogP contribution in [0.2, 0.25) is 0 Å². The Labute approximate surface area is 64.9 Å². The fourth-order valence-corrected chi connectivity index (χ4v) is 1.17. The zero-order valence-corrected chi connectivity index (χ0v) is 6.31. The average molecular weight is 148 g/mol. The number of hydrogen-bond acceptors (Lipinski definition) is 2. The lowest BCUT2D eigenvalue weighted by atomic mass is 10.2. The van der Waals surface area contributed by atoms with Crippen molar-refractivity contribution in [1.29, 1.82) is 0 Å². The molecular formula is C9H8O2. The molecule has 0 saturated heterocycles. The Kier molecular flexibility index (Phi) is 1.23. The topological polar surface area (TPSA) is 26.3 Å². The second kappa shape index (κ2) is 2.11. The first kappa shape index (κ1) is 6.44. The van der Waals surface area contributed by atoms with Crippen LogP contribution in [0.1, 0.15) is 13.3 Å². The molecule has 2 heteroatoms. The highest BCUT2D eigenvalue weighted by Crippen LogP contribution is 2.41. The molecule has 0 atom stereocenters. The molecule has 0 heterocycles. The summed E-state index contributed by atoms with van der Waals surface area (Å²) in [6.45, 7) is 2.24. The van der Waals surface area contributed by atoms with Crippen LogP contribution in [-0.4, -0.2) is 12.6 Å². The van der Waals surface area contributed by atoms with Crippen LogP contribution in [0.3, 0.4) is 0 Å². The molecule has 0 N–H and O–H groups in total. The number of allylic oxidation sites excluding steroid dienone is 1. The van der Waals surface area contributed by atoms with Gasteiger partial charge in [-0.15, -0.1) is 5.73 Å². The second-order valence-corrected chi connectivity index (χ2v) is 2.56. The van der Waals surface area contributed by atoms with Crippen LogP contribution >= 0.6 is 0 Å². The van der Waals surface area contributed by atoms with Crippen LogP contribution in [0.15, 0.2) is 28.5 Å². The molecule has 0 radical (unpaired) electrons. The van der Waals surface area contributed by atoms with Gasteiger partial charge in [-0.2, -0.15) is 0 Å². The fourth-order valence-electron chi connectivity index (χ4n) is 1.17. The molecule has 0 unspecified atom stereocenters. The van der Waals surface area contributed by atoms with Gasteiger partial charge < -0.3 is 4.74 Å². The molecule has 2 aliphatic carbocycles. The quantitative estimate of drug-likeness (QED) is 0.436. The summed E-state index contributed by atoms with van der Waals surface area (Å²) >= 11 is 0. The van der Waals surface area contributed by atoms with E-state index < -0.39 is 0 Å². The van der Waals surface area contributed by atoms with Crippen LogP contribution < -0.4 is 0 Å². The molecule has 0 aromatic rings. The lowest BCUT2D eigenvalue weighted by molar-refractivity contribution is -0.138. The Morgan fingerprint density at radius 3 is 3.09 bits per heavy atom. The summed E-state index contributed by atoms with van der Waals surface area (Å²) in [6, 6.07) is 0. The zero-order valence-electron chi connectivity index (χ0n) is 6.31. The summed E-state index contributed by atoms with van der Waals surface area (Å²) in [7, 11) is 0. The maximum Gasteiger partial charge on any atom is 0.346 e. The molecule has 0 aliphatic heterocycles. The predicted molar refractivity (Wildman–Crippen MR) is 39.9 cm³/mol. The molecule has 0 aromatic heterocycles. The summed E-state index contributed by atoms with van der Waals surface area (Å²) in [5.41, 5.74) is 5.90. The van der Waals surface area contributed by atoms with Crippen LogP contribution in [0.4, 0.5) is 0 Å². The van der Waals surface area contributed by atoms with Crippen molar-refractivity contribution in [2.75, 3.05) is 6.61 Å². The van der Waals surface area contributed by atoms with Crippen molar-refractivity contribution >= 4 is 5.97 Å². The van der Waals surface area contributed by atoms with Gasteiger partial charge in [-0.1, -0.05) is 0 Å². The molecule has 2 aliphatic rings. The Morgan fingerprint density at radius 2 is 2.64 bits per heavy atom. The van der Waals surface area contributed by atoms with E-state index in [1.54, 1.807) is 6.92 Å². The molecule has 2 nitrogen and oxygen atoms in total. The largest absolute Gasteiger partial charge is 0.462 e. The average Bonchev–Trinajstić information content (AvgIpc) is 2.63. The number of esters is 1. The van der Waals surface area contributed by atoms with Gasteiger partial charge in [0.15, 0.2) is 0 Å². The number of carbonyl (C=O) groups is 1. The van der Waals surface area contributed by atoms with E-state index in [9.17, 15) is 4.79 Å². The van der Waals surface area contributed by atoms with Gasteiger partial charge >= 0.3 is 5.97 Å². The first-order chi connectivity index (χ1) is 5.33. The first-order valence-corrected chi connectivity index (χ1v) is 3.69. The van der Waals surface area contributed by atoms with E-state index in [2.05, 4.69) is 5.73 Å². The molecule has 2 rings (SSSR count). The maximum absolute atomic E-state index is 11.1. The van der Waals surface area contributed by atoms with Gasteiger partial charge in [-0.05, 0) is 24.1 Å². The minimum absolute atomic E-state index is 0.230. The van der Waals surface area contributed by atoms with Crippen molar-refractivity contribution in [2.24, 2.45) is 0 Å². The third-order valence-corrected chi connectivity index (χ3v) is 1.80. The van der Waals surface area contributed by atoms with Gasteiger partial charge in [-0.25, -0.2) is 4.79 Å². The minimum atomic E-state index is -0.230. The van der Waals surface area contributed by atoms with Crippen molar-refractivity contribution in [3.63, 3.8) is 0 Å². The van der Waals surface area contributed by atoms with E-state index >= 15 is 0 Å². The standard InChI is InChI=1S/C9H8O2/c1-2-11-9(10)7-4-3-6-5-8(6)7/h3H,2,5H2,1H3. The Balaban J connectivity index is 2.12. The van der Waals surface area contributed by atoms with Gasteiger partial charge in [0.2, 0.25) is 0 Å². The lowest BCUT2D eigenvalue weighted by Gasteiger charge is -1.98. The number of hydrogen-bond donors (Lipinski definition) is 0. The monoisotopic (exact) mass is 148 g/mol. The summed E-state index contributed by atoms with van der Waals surface area (Å²) in [5, 5.41) is 0. The highest BCUT2D eigenvalue weighted by Gasteiger charge is 2.31. The first-order valence-electron chi connectivity index (χ1n) is 3.69. The Hall–Kier alpha value is -1.27. The predicted octanol–water partition coefficient (Wildman–Crippen LogP) is 1.34. The second-order valence-electron chi connectivity index (χ2n) is 2.56. The van der Waals surface area contributed by atoms with E-state index in [0.717, 1.165) is 12.0 Å². The summed E-state index contributed by atoms with van der Waals surface area (Å²) in [6.07, 6.45) is 2.82. The summed E-state index contributed by atoms with van der Waals surface area (Å²) < 4.78 is 4.83. The third kappa shape index (κ3) is 0.920. The summed E-state index contributed by atoms with van der Waals surface area (Å²) in [5.74, 6) is -0.230. The maximum atomic E-state index is 11.1. The Bertz CT molecular complexity index is 314. The van der Waals surface area contributed by atoms with Crippen LogP contribution in [0.5, 0.6) is 0 Å². The van der Waals surface area contributed by atoms with Crippen LogP contribution in [0.25, 0.3) is 0 Å². The highest BCUT2D eigenvalue weighted by atomic mass is 16.5. The molecule has 0 saturated carbocycles. The van der Waals surface area contributed by atoms with E-state index in [1.807, 2.05) is 6.08 Å². The molecule has 0 fully saturated rings. The van der Waals surface area contributed by atoms with E-state index in [0.29, 0.717) is 12.2 Å². The van der Waals surface area contributed by atoms with Gasteiger partial charge in [-0.3, -0.25) is 0 Å². The molecule has 11 heavy (non-hydrogen) atoms. The molecule has 56 valence electrons. The lowest BCUT2D eigenvalue weighted by Crippen LogP contribution is -2.05. The third-order valence-electron chi connectivity index (χ3n) is 1.80. The molecule has 0 spiro atoms. The van der Waals surface area contributed by atoms with Gasteiger partial charge in [0.25, 0.3) is 0 Å². The molecule has 0 bridgehead atoms. The molecule has 0 amide bonds. The van der Waals surface area contributed by atoms with Gasteiger partial charge in [0.1, 0.15) is 5.57 Å². The Morgan fingerprint density at radius 1 is 1.82 bits per heavy atom. The van der Waals surface area contributed by atoms with Gasteiger partial charge in [0.05, 0.1) is 6.61 Å². The van der Waals surface area contributed by atoms with Crippen molar-refractivity contribution < 1.29 is 9.53 Å². The van der Waals surface area contributed by atoms with E-state index in [-0.39, 0.29) is 5.97 Å². The highest BCUT2D eigenvalue weighted by molar-refractivity contribution is 5.97.